The molecule has 2 aliphatic heterocycles. The molecule has 0 bridgehead atoms. The van der Waals surface area contributed by atoms with E-state index in [0.717, 1.165) is 12.8 Å². The van der Waals surface area contributed by atoms with Crippen LogP contribution in [0.1, 0.15) is 32.6 Å². The van der Waals surface area contributed by atoms with Gasteiger partial charge in [-0.2, -0.15) is 0 Å². The zero-order valence-electron chi connectivity index (χ0n) is 12.5. The molecule has 6 heteroatoms. The first-order chi connectivity index (χ1) is 9.97. The number of aliphatic hydroxyl groups is 1. The number of aliphatic hydroxyl groups excluding tert-OH is 1. The lowest BCUT2D eigenvalue weighted by atomic mass is 9.84. The van der Waals surface area contributed by atoms with Gasteiger partial charge < -0.3 is 20.0 Å². The minimum atomic E-state index is -0.797. The summed E-state index contributed by atoms with van der Waals surface area (Å²) in [4.78, 5) is 27.5. The molecule has 2 amide bonds. The van der Waals surface area contributed by atoms with Crippen molar-refractivity contribution in [3.8, 4) is 0 Å². The molecule has 3 fully saturated rings. The number of carbonyl (C=O) groups is 2. The van der Waals surface area contributed by atoms with Gasteiger partial charge in [0.1, 0.15) is 0 Å². The predicted octanol–water partition coefficient (Wildman–Crippen LogP) is 0.996. The van der Waals surface area contributed by atoms with E-state index < -0.39 is 11.4 Å². The number of nitrogens with zero attached hydrogens (tertiary/aromatic N) is 2. The Balaban J connectivity index is 1.64. The number of aliphatic carboxylic acids is 1. The topological polar surface area (TPSA) is 81.1 Å². The highest BCUT2D eigenvalue weighted by atomic mass is 16.4. The maximum absolute atomic E-state index is 12.6. The number of fused-ring (bicyclic) bond motifs is 1. The number of hydrogen-bond acceptors (Lipinski definition) is 3. The first-order valence-corrected chi connectivity index (χ1v) is 7.92. The van der Waals surface area contributed by atoms with Crippen LogP contribution in [0.2, 0.25) is 0 Å². The Hall–Kier alpha value is -1.30. The molecule has 4 atom stereocenters. The van der Waals surface area contributed by atoms with Gasteiger partial charge in [0.2, 0.25) is 0 Å². The van der Waals surface area contributed by atoms with E-state index in [9.17, 15) is 19.8 Å². The van der Waals surface area contributed by atoms with Crippen LogP contribution in [0.5, 0.6) is 0 Å². The average Bonchev–Trinajstić information content (AvgIpc) is 3.14. The molecule has 0 aromatic heterocycles. The average molecular weight is 296 g/mol. The number of amides is 2. The Bertz CT molecular complexity index is 455. The summed E-state index contributed by atoms with van der Waals surface area (Å²) < 4.78 is 0. The molecule has 6 nitrogen and oxygen atoms in total. The monoisotopic (exact) mass is 296 g/mol. The minimum Gasteiger partial charge on any atom is -0.481 e. The number of carboxylic acid groups (broad SMARTS) is 1. The van der Waals surface area contributed by atoms with Gasteiger partial charge in [-0.3, -0.25) is 4.79 Å². The van der Waals surface area contributed by atoms with Crippen LogP contribution >= 0.6 is 0 Å². The van der Waals surface area contributed by atoms with Crippen molar-refractivity contribution in [3.63, 3.8) is 0 Å². The summed E-state index contributed by atoms with van der Waals surface area (Å²) in [6.45, 7) is 4.04. The number of carbonyl (C=O) groups excluding carboxylic acids is 1. The molecule has 2 N–H and O–H groups in total. The van der Waals surface area contributed by atoms with E-state index >= 15 is 0 Å². The van der Waals surface area contributed by atoms with Gasteiger partial charge in [0.25, 0.3) is 0 Å². The Labute approximate surface area is 124 Å². The van der Waals surface area contributed by atoms with E-state index in [1.165, 1.54) is 0 Å². The highest BCUT2D eigenvalue weighted by Crippen LogP contribution is 2.40. The summed E-state index contributed by atoms with van der Waals surface area (Å²) >= 11 is 0. The zero-order valence-corrected chi connectivity index (χ0v) is 12.5. The van der Waals surface area contributed by atoms with Crippen LogP contribution in [-0.2, 0) is 4.79 Å². The number of carboxylic acids is 1. The van der Waals surface area contributed by atoms with Crippen molar-refractivity contribution in [2.24, 2.45) is 17.3 Å². The number of likely N-dealkylation sites (tertiary alicyclic amines) is 2. The molecule has 0 radical (unpaired) electrons. The summed E-state index contributed by atoms with van der Waals surface area (Å²) in [7, 11) is 0. The number of hydrogen-bond donors (Lipinski definition) is 2. The van der Waals surface area contributed by atoms with E-state index in [-0.39, 0.29) is 18.1 Å². The van der Waals surface area contributed by atoms with Crippen molar-refractivity contribution in [2.45, 2.75) is 38.7 Å². The van der Waals surface area contributed by atoms with Crippen LogP contribution in [-0.4, -0.2) is 64.3 Å². The van der Waals surface area contributed by atoms with E-state index in [4.69, 9.17) is 0 Å². The fourth-order valence-electron chi connectivity index (χ4n) is 4.24. The Morgan fingerprint density at radius 2 is 2.00 bits per heavy atom. The Morgan fingerprint density at radius 1 is 1.24 bits per heavy atom. The van der Waals surface area contributed by atoms with Gasteiger partial charge in [-0.05, 0) is 31.6 Å². The molecule has 1 aliphatic carbocycles. The molecule has 2 saturated heterocycles. The molecule has 0 spiro atoms. The predicted molar refractivity (Wildman–Crippen MR) is 75.7 cm³/mol. The first kappa shape index (κ1) is 14.6. The van der Waals surface area contributed by atoms with Crippen LogP contribution in [0.25, 0.3) is 0 Å². The van der Waals surface area contributed by atoms with Crippen molar-refractivity contribution in [1.82, 2.24) is 9.80 Å². The maximum atomic E-state index is 12.6. The quantitative estimate of drug-likeness (QED) is 0.796. The van der Waals surface area contributed by atoms with Gasteiger partial charge in [-0.15, -0.1) is 0 Å². The van der Waals surface area contributed by atoms with Crippen molar-refractivity contribution in [1.29, 1.82) is 0 Å². The Morgan fingerprint density at radius 3 is 2.57 bits per heavy atom. The second-order valence-corrected chi connectivity index (χ2v) is 6.87. The fraction of sp³-hybridized carbons (Fsp3) is 0.867. The third-order valence-electron chi connectivity index (χ3n) is 5.84. The van der Waals surface area contributed by atoms with Crippen LogP contribution in [0.4, 0.5) is 4.79 Å². The molecule has 3 rings (SSSR count). The minimum absolute atomic E-state index is 0.0480. The van der Waals surface area contributed by atoms with Gasteiger partial charge in [-0.1, -0.05) is 6.92 Å². The smallest absolute Gasteiger partial charge is 0.320 e. The highest BCUT2D eigenvalue weighted by Gasteiger charge is 2.48. The maximum Gasteiger partial charge on any atom is 0.320 e. The summed E-state index contributed by atoms with van der Waals surface area (Å²) in [5.41, 5.74) is -0.773. The lowest BCUT2D eigenvalue weighted by Gasteiger charge is -2.27. The van der Waals surface area contributed by atoms with Gasteiger partial charge in [-0.25, -0.2) is 4.79 Å². The SMILES string of the molecule is CCC1(C(=O)O)CCN(C(=O)N2CC3CCC(O)C3C2)C1. The lowest BCUT2D eigenvalue weighted by Crippen LogP contribution is -2.43. The van der Waals surface area contributed by atoms with E-state index in [2.05, 4.69) is 0 Å². The number of urea groups is 1. The summed E-state index contributed by atoms with van der Waals surface area (Å²) in [5.74, 6) is -0.164. The molecule has 21 heavy (non-hydrogen) atoms. The van der Waals surface area contributed by atoms with Crippen molar-refractivity contribution >= 4 is 12.0 Å². The molecule has 0 aromatic rings. The molecular formula is C15H24N2O4. The van der Waals surface area contributed by atoms with E-state index in [0.29, 0.717) is 44.9 Å². The van der Waals surface area contributed by atoms with Crippen molar-refractivity contribution in [3.05, 3.63) is 0 Å². The molecule has 118 valence electrons. The first-order valence-electron chi connectivity index (χ1n) is 7.92. The molecule has 4 unspecified atom stereocenters. The zero-order chi connectivity index (χ0) is 15.2. The third-order valence-corrected chi connectivity index (χ3v) is 5.84. The van der Waals surface area contributed by atoms with Crippen molar-refractivity contribution < 1.29 is 19.8 Å². The van der Waals surface area contributed by atoms with Crippen LogP contribution in [0.15, 0.2) is 0 Å². The van der Waals surface area contributed by atoms with Gasteiger partial charge in [0.05, 0.1) is 11.5 Å². The van der Waals surface area contributed by atoms with Crippen LogP contribution in [0.3, 0.4) is 0 Å². The standard InChI is InChI=1S/C15H24N2O4/c1-2-15(13(19)20)5-6-16(9-15)14(21)17-7-10-3-4-12(18)11(10)8-17/h10-12,18H,2-9H2,1H3,(H,19,20). The second kappa shape index (κ2) is 5.16. The summed E-state index contributed by atoms with van der Waals surface area (Å²) in [6.07, 6.45) is 2.65. The van der Waals surface area contributed by atoms with Gasteiger partial charge >= 0.3 is 12.0 Å². The lowest BCUT2D eigenvalue weighted by molar-refractivity contribution is -0.148. The van der Waals surface area contributed by atoms with E-state index in [1.807, 2.05) is 11.8 Å². The largest absolute Gasteiger partial charge is 0.481 e. The molecule has 1 saturated carbocycles. The van der Waals surface area contributed by atoms with Crippen molar-refractivity contribution in [2.75, 3.05) is 26.2 Å². The third kappa shape index (κ3) is 2.29. The normalized spacial score (nSPS) is 38.9. The number of rotatable bonds is 2. The second-order valence-electron chi connectivity index (χ2n) is 6.87. The molecule has 3 aliphatic rings. The van der Waals surface area contributed by atoms with Gasteiger partial charge in [0, 0.05) is 32.1 Å². The van der Waals surface area contributed by atoms with E-state index in [1.54, 1.807) is 4.90 Å². The summed E-state index contributed by atoms with van der Waals surface area (Å²) in [6, 6.07) is -0.0480. The molecular weight excluding hydrogens is 272 g/mol. The summed E-state index contributed by atoms with van der Waals surface area (Å²) in [5, 5.41) is 19.3. The van der Waals surface area contributed by atoms with Crippen LogP contribution < -0.4 is 0 Å². The highest BCUT2D eigenvalue weighted by molar-refractivity contribution is 5.80. The Kier molecular flexibility index (Phi) is 3.59. The van der Waals surface area contributed by atoms with Crippen LogP contribution in [0, 0.1) is 17.3 Å². The molecule has 0 aromatic carbocycles. The van der Waals surface area contributed by atoms with Gasteiger partial charge in [0.15, 0.2) is 0 Å². The molecule has 2 heterocycles. The fourth-order valence-corrected chi connectivity index (χ4v) is 4.24.